The summed E-state index contributed by atoms with van der Waals surface area (Å²) < 4.78 is 0. The SMILES string of the molecule is CCC(C)CSCc1cccc(N)n1. The number of hydrogen-bond donors (Lipinski definition) is 1. The van der Waals surface area contributed by atoms with Gasteiger partial charge in [0.05, 0.1) is 5.69 Å². The van der Waals surface area contributed by atoms with E-state index in [1.807, 2.05) is 30.0 Å². The molecule has 0 bridgehead atoms. The Balaban J connectivity index is 2.31. The first kappa shape index (κ1) is 11.4. The van der Waals surface area contributed by atoms with E-state index in [9.17, 15) is 0 Å². The van der Waals surface area contributed by atoms with Crippen molar-refractivity contribution in [2.24, 2.45) is 5.92 Å². The Kier molecular flexibility index (Phi) is 4.80. The summed E-state index contributed by atoms with van der Waals surface area (Å²) in [7, 11) is 0. The number of pyridine rings is 1. The Morgan fingerprint density at radius 3 is 2.93 bits per heavy atom. The Morgan fingerprint density at radius 1 is 1.50 bits per heavy atom. The van der Waals surface area contributed by atoms with Crippen LogP contribution in [0.1, 0.15) is 26.0 Å². The number of nitrogens with two attached hydrogens (primary N) is 1. The van der Waals surface area contributed by atoms with Crippen LogP contribution in [0.5, 0.6) is 0 Å². The van der Waals surface area contributed by atoms with Crippen LogP contribution < -0.4 is 5.73 Å². The van der Waals surface area contributed by atoms with Crippen molar-refractivity contribution in [1.29, 1.82) is 0 Å². The molecule has 3 heteroatoms. The van der Waals surface area contributed by atoms with Gasteiger partial charge in [0.25, 0.3) is 0 Å². The number of hydrogen-bond acceptors (Lipinski definition) is 3. The minimum atomic E-state index is 0.617. The number of aromatic nitrogens is 1. The Hall–Kier alpha value is -0.700. The average Bonchev–Trinajstić information content (AvgIpc) is 2.17. The smallest absolute Gasteiger partial charge is 0.123 e. The third-order valence-electron chi connectivity index (χ3n) is 2.18. The third kappa shape index (κ3) is 4.01. The predicted molar refractivity (Wildman–Crippen MR) is 64.3 cm³/mol. The van der Waals surface area contributed by atoms with Gasteiger partial charge >= 0.3 is 0 Å². The fourth-order valence-electron chi connectivity index (χ4n) is 1.06. The number of rotatable bonds is 5. The summed E-state index contributed by atoms with van der Waals surface area (Å²) in [5.74, 6) is 3.58. The van der Waals surface area contributed by atoms with Gasteiger partial charge in [-0.15, -0.1) is 0 Å². The summed E-state index contributed by atoms with van der Waals surface area (Å²) in [6, 6.07) is 5.81. The molecule has 0 aromatic carbocycles. The minimum Gasteiger partial charge on any atom is -0.384 e. The lowest BCUT2D eigenvalue weighted by atomic mass is 10.2. The molecule has 1 unspecified atom stereocenters. The van der Waals surface area contributed by atoms with E-state index in [1.165, 1.54) is 12.2 Å². The van der Waals surface area contributed by atoms with Gasteiger partial charge in [-0.25, -0.2) is 4.98 Å². The molecule has 1 aromatic rings. The van der Waals surface area contributed by atoms with Gasteiger partial charge in [-0.05, 0) is 23.8 Å². The zero-order valence-electron chi connectivity index (χ0n) is 8.86. The lowest BCUT2D eigenvalue weighted by Crippen LogP contribution is -1.98. The second-order valence-electron chi connectivity index (χ2n) is 3.58. The molecule has 0 radical (unpaired) electrons. The van der Waals surface area contributed by atoms with Crippen LogP contribution >= 0.6 is 11.8 Å². The van der Waals surface area contributed by atoms with Gasteiger partial charge in [-0.2, -0.15) is 11.8 Å². The quantitative estimate of drug-likeness (QED) is 0.812. The second-order valence-corrected chi connectivity index (χ2v) is 4.61. The molecule has 1 atom stereocenters. The van der Waals surface area contributed by atoms with Crippen LogP contribution in [0.25, 0.3) is 0 Å². The summed E-state index contributed by atoms with van der Waals surface area (Å²) in [5.41, 5.74) is 6.68. The van der Waals surface area contributed by atoms with Gasteiger partial charge < -0.3 is 5.73 Å². The molecule has 0 aliphatic heterocycles. The van der Waals surface area contributed by atoms with Crippen molar-refractivity contribution in [3.05, 3.63) is 23.9 Å². The van der Waals surface area contributed by atoms with Gasteiger partial charge in [0.2, 0.25) is 0 Å². The minimum absolute atomic E-state index is 0.617. The molecule has 0 spiro atoms. The monoisotopic (exact) mass is 210 g/mol. The lowest BCUT2D eigenvalue weighted by Gasteiger charge is -2.07. The van der Waals surface area contributed by atoms with Crippen LogP contribution in [0.3, 0.4) is 0 Å². The van der Waals surface area contributed by atoms with E-state index in [-0.39, 0.29) is 0 Å². The van der Waals surface area contributed by atoms with Crippen LogP contribution in [0.15, 0.2) is 18.2 Å². The van der Waals surface area contributed by atoms with Crippen molar-refractivity contribution < 1.29 is 0 Å². The molecule has 0 fully saturated rings. The zero-order valence-corrected chi connectivity index (χ0v) is 9.68. The van der Waals surface area contributed by atoms with Gasteiger partial charge in [0.15, 0.2) is 0 Å². The maximum Gasteiger partial charge on any atom is 0.123 e. The van der Waals surface area contributed by atoms with Gasteiger partial charge in [-0.3, -0.25) is 0 Å². The number of anilines is 1. The Morgan fingerprint density at radius 2 is 2.29 bits per heavy atom. The molecule has 0 saturated heterocycles. The number of nitrogens with zero attached hydrogens (tertiary/aromatic N) is 1. The molecule has 0 aliphatic carbocycles. The standard InChI is InChI=1S/C11H18N2S/c1-3-9(2)7-14-8-10-5-4-6-11(12)13-10/h4-6,9H,3,7-8H2,1-2H3,(H2,12,13). The van der Waals surface area contributed by atoms with E-state index in [0.29, 0.717) is 5.82 Å². The molecule has 0 amide bonds. The second kappa shape index (κ2) is 5.91. The largest absolute Gasteiger partial charge is 0.384 e. The van der Waals surface area contributed by atoms with Gasteiger partial charge in [0, 0.05) is 5.75 Å². The molecule has 1 heterocycles. The van der Waals surface area contributed by atoms with E-state index in [2.05, 4.69) is 18.8 Å². The summed E-state index contributed by atoms with van der Waals surface area (Å²) in [6.07, 6.45) is 1.25. The lowest BCUT2D eigenvalue weighted by molar-refractivity contribution is 0.637. The molecular formula is C11H18N2S. The van der Waals surface area contributed by atoms with Crippen molar-refractivity contribution in [2.75, 3.05) is 11.5 Å². The van der Waals surface area contributed by atoms with Crippen LogP contribution in [-0.4, -0.2) is 10.7 Å². The first-order valence-electron chi connectivity index (χ1n) is 5.01. The predicted octanol–water partition coefficient (Wildman–Crippen LogP) is 2.94. The molecule has 1 aromatic heterocycles. The molecule has 2 nitrogen and oxygen atoms in total. The topological polar surface area (TPSA) is 38.9 Å². The molecule has 14 heavy (non-hydrogen) atoms. The zero-order chi connectivity index (χ0) is 10.4. The maximum atomic E-state index is 5.60. The summed E-state index contributed by atoms with van der Waals surface area (Å²) in [6.45, 7) is 4.50. The van der Waals surface area contributed by atoms with Crippen LogP contribution in [0, 0.1) is 5.92 Å². The maximum absolute atomic E-state index is 5.60. The molecule has 78 valence electrons. The highest BCUT2D eigenvalue weighted by Gasteiger charge is 2.00. The van der Waals surface area contributed by atoms with Crippen molar-refractivity contribution in [3.8, 4) is 0 Å². The first-order valence-corrected chi connectivity index (χ1v) is 6.17. The summed E-state index contributed by atoms with van der Waals surface area (Å²) in [4.78, 5) is 4.25. The van der Waals surface area contributed by atoms with Crippen LogP contribution in [0.2, 0.25) is 0 Å². The van der Waals surface area contributed by atoms with E-state index < -0.39 is 0 Å². The molecule has 2 N–H and O–H groups in total. The molecular weight excluding hydrogens is 192 g/mol. The van der Waals surface area contributed by atoms with E-state index in [0.717, 1.165) is 17.4 Å². The van der Waals surface area contributed by atoms with Crippen molar-refractivity contribution in [1.82, 2.24) is 4.98 Å². The Labute approximate surface area is 90.3 Å². The number of nitrogen functional groups attached to an aromatic ring is 1. The van der Waals surface area contributed by atoms with Gasteiger partial charge in [-0.1, -0.05) is 26.3 Å². The highest BCUT2D eigenvalue weighted by molar-refractivity contribution is 7.98. The van der Waals surface area contributed by atoms with Gasteiger partial charge in [0.1, 0.15) is 5.82 Å². The molecule has 1 rings (SSSR count). The average molecular weight is 210 g/mol. The Bertz CT molecular complexity index is 276. The molecule has 0 saturated carbocycles. The summed E-state index contributed by atoms with van der Waals surface area (Å²) >= 11 is 1.93. The first-order chi connectivity index (χ1) is 6.72. The van der Waals surface area contributed by atoms with E-state index >= 15 is 0 Å². The third-order valence-corrected chi connectivity index (χ3v) is 3.48. The summed E-state index contributed by atoms with van der Waals surface area (Å²) in [5, 5.41) is 0. The van der Waals surface area contributed by atoms with Crippen LogP contribution in [0.4, 0.5) is 5.82 Å². The normalized spacial score (nSPS) is 12.7. The fourth-order valence-corrected chi connectivity index (χ4v) is 2.19. The van der Waals surface area contributed by atoms with E-state index in [4.69, 9.17) is 5.73 Å². The van der Waals surface area contributed by atoms with Crippen LogP contribution in [-0.2, 0) is 5.75 Å². The van der Waals surface area contributed by atoms with E-state index in [1.54, 1.807) is 0 Å². The number of thioether (sulfide) groups is 1. The molecule has 0 aliphatic rings. The van der Waals surface area contributed by atoms with Crippen molar-refractivity contribution in [2.45, 2.75) is 26.0 Å². The highest BCUT2D eigenvalue weighted by Crippen LogP contribution is 2.16. The van der Waals surface area contributed by atoms with Crippen molar-refractivity contribution in [3.63, 3.8) is 0 Å². The fraction of sp³-hybridized carbons (Fsp3) is 0.545. The highest BCUT2D eigenvalue weighted by atomic mass is 32.2. The van der Waals surface area contributed by atoms with Crippen molar-refractivity contribution >= 4 is 17.6 Å².